The molecular formula is C38H31N7O3. The summed E-state index contributed by atoms with van der Waals surface area (Å²) in [5.74, 6) is 1.00. The Morgan fingerprint density at radius 2 is 0.812 bits per heavy atom. The maximum absolute atomic E-state index is 12.7. The van der Waals surface area contributed by atoms with Crippen molar-refractivity contribution in [1.29, 1.82) is 0 Å². The molecule has 10 heteroatoms. The zero-order valence-corrected chi connectivity index (χ0v) is 25.6. The van der Waals surface area contributed by atoms with Crippen LogP contribution in [0.3, 0.4) is 0 Å². The predicted molar refractivity (Wildman–Crippen MR) is 193 cm³/mol. The van der Waals surface area contributed by atoms with Crippen LogP contribution in [0.1, 0.15) is 20.7 Å². The van der Waals surface area contributed by atoms with Crippen molar-refractivity contribution in [2.24, 2.45) is 0 Å². The maximum Gasteiger partial charge on any atom is 0.255 e. The minimum absolute atomic E-state index is 0.205. The van der Waals surface area contributed by atoms with Crippen molar-refractivity contribution in [3.8, 4) is 11.5 Å². The van der Waals surface area contributed by atoms with Crippen LogP contribution in [-0.2, 0) is 0 Å². The van der Waals surface area contributed by atoms with Crippen molar-refractivity contribution in [3.63, 3.8) is 0 Å². The van der Waals surface area contributed by atoms with Crippen molar-refractivity contribution in [1.82, 2.24) is 0 Å². The van der Waals surface area contributed by atoms with E-state index in [1.54, 1.807) is 72.8 Å². The van der Waals surface area contributed by atoms with Crippen LogP contribution in [0.5, 0.6) is 11.5 Å². The van der Waals surface area contributed by atoms with Gasteiger partial charge in [-0.05, 0) is 133 Å². The van der Waals surface area contributed by atoms with E-state index in [1.807, 2.05) is 60.7 Å². The Kier molecular flexibility index (Phi) is 7.94. The van der Waals surface area contributed by atoms with Crippen molar-refractivity contribution >= 4 is 68.7 Å². The van der Waals surface area contributed by atoms with Gasteiger partial charge < -0.3 is 42.8 Å². The lowest BCUT2D eigenvalue weighted by atomic mass is 10.1. The molecule has 0 unspecified atom stereocenters. The van der Waals surface area contributed by atoms with Crippen LogP contribution in [0.4, 0.5) is 56.9 Å². The number of nitrogen functional groups attached to an aromatic ring is 2. The number of nitrogens with two attached hydrogens (primary N) is 2. The summed E-state index contributed by atoms with van der Waals surface area (Å²) in [5.41, 5.74) is 20.1. The molecule has 2 amide bonds. The summed E-state index contributed by atoms with van der Waals surface area (Å²) >= 11 is 0. The average Bonchev–Trinajstić information content (AvgIpc) is 3.10. The highest BCUT2D eigenvalue weighted by Crippen LogP contribution is 2.44. The summed E-state index contributed by atoms with van der Waals surface area (Å²) in [7, 11) is 0. The molecule has 7 rings (SSSR count). The molecule has 236 valence electrons. The number of fused-ring (bicyclic) bond motifs is 2. The number of ether oxygens (including phenoxy) is 1. The first-order valence-corrected chi connectivity index (χ1v) is 15.2. The second kappa shape index (κ2) is 12.8. The Morgan fingerprint density at radius 3 is 1.21 bits per heavy atom. The zero-order valence-electron chi connectivity index (χ0n) is 25.6. The first kappa shape index (κ1) is 29.8. The third kappa shape index (κ3) is 6.82. The fraction of sp³-hybridized carbons (Fsp3) is 0. The number of amides is 2. The van der Waals surface area contributed by atoms with Crippen molar-refractivity contribution < 1.29 is 14.3 Å². The number of nitrogens with one attached hydrogen (secondary N) is 5. The molecule has 0 fully saturated rings. The van der Waals surface area contributed by atoms with E-state index in [0.29, 0.717) is 45.4 Å². The molecule has 6 aromatic rings. The van der Waals surface area contributed by atoms with Gasteiger partial charge in [-0.25, -0.2) is 0 Å². The van der Waals surface area contributed by atoms with E-state index in [0.717, 1.165) is 34.1 Å². The normalized spacial score (nSPS) is 11.2. The lowest BCUT2D eigenvalue weighted by Gasteiger charge is -2.23. The van der Waals surface area contributed by atoms with Crippen LogP contribution in [0.25, 0.3) is 0 Å². The first-order chi connectivity index (χ1) is 23.3. The van der Waals surface area contributed by atoms with E-state index in [9.17, 15) is 9.59 Å². The maximum atomic E-state index is 12.7. The van der Waals surface area contributed by atoms with Gasteiger partial charge in [-0.1, -0.05) is 0 Å². The number of carbonyl (C=O) groups is 2. The van der Waals surface area contributed by atoms with Gasteiger partial charge in [0, 0.05) is 56.6 Å². The Balaban J connectivity index is 0.975. The van der Waals surface area contributed by atoms with E-state index < -0.39 is 0 Å². The van der Waals surface area contributed by atoms with E-state index >= 15 is 0 Å². The summed E-state index contributed by atoms with van der Waals surface area (Å²) in [6.45, 7) is 0. The molecule has 9 N–H and O–H groups in total. The fourth-order valence-electron chi connectivity index (χ4n) is 5.14. The summed E-state index contributed by atoms with van der Waals surface area (Å²) in [6.07, 6.45) is 0. The molecule has 0 bridgehead atoms. The molecule has 0 spiro atoms. The van der Waals surface area contributed by atoms with Gasteiger partial charge in [0.25, 0.3) is 11.8 Å². The smallest absolute Gasteiger partial charge is 0.255 e. The number of hydrogen-bond acceptors (Lipinski definition) is 8. The summed E-state index contributed by atoms with van der Waals surface area (Å²) < 4.78 is 6.16. The lowest BCUT2D eigenvalue weighted by Crippen LogP contribution is -2.11. The van der Waals surface area contributed by atoms with Gasteiger partial charge in [-0.2, -0.15) is 0 Å². The summed E-state index contributed by atoms with van der Waals surface area (Å²) in [4.78, 5) is 25.3. The molecule has 6 aromatic carbocycles. The minimum atomic E-state index is -0.205. The molecule has 10 nitrogen and oxygen atoms in total. The molecule has 0 saturated carbocycles. The molecule has 0 aliphatic carbocycles. The van der Waals surface area contributed by atoms with Crippen molar-refractivity contribution in [2.45, 2.75) is 0 Å². The van der Waals surface area contributed by atoms with E-state index in [-0.39, 0.29) is 11.8 Å². The summed E-state index contributed by atoms with van der Waals surface area (Å²) in [6, 6.07) is 40.1. The lowest BCUT2D eigenvalue weighted by molar-refractivity contribution is 0.101. The van der Waals surface area contributed by atoms with Gasteiger partial charge in [-0.15, -0.1) is 0 Å². The SMILES string of the molecule is Nc1ccc(NC(=O)c2ccc(Nc3ccc4c(c3)Nc3cc(Nc5ccc(C(=O)Nc6ccc(N)cc6)cc5)ccc3O4)cc2)cc1. The summed E-state index contributed by atoms with van der Waals surface area (Å²) in [5, 5.41) is 16.0. The molecule has 0 aromatic heterocycles. The molecule has 0 atom stereocenters. The van der Waals surface area contributed by atoms with Gasteiger partial charge in [0.15, 0.2) is 11.5 Å². The Morgan fingerprint density at radius 1 is 0.458 bits per heavy atom. The van der Waals surface area contributed by atoms with Gasteiger partial charge in [-0.3, -0.25) is 9.59 Å². The topological polar surface area (TPSA) is 156 Å². The number of carbonyl (C=O) groups excluding carboxylic acids is 2. The number of anilines is 10. The molecule has 48 heavy (non-hydrogen) atoms. The molecular weight excluding hydrogens is 602 g/mol. The van der Waals surface area contributed by atoms with Crippen molar-refractivity contribution in [3.05, 3.63) is 145 Å². The van der Waals surface area contributed by atoms with Crippen molar-refractivity contribution in [2.75, 3.05) is 38.1 Å². The van der Waals surface area contributed by atoms with Gasteiger partial charge in [0.05, 0.1) is 11.4 Å². The van der Waals surface area contributed by atoms with Crippen LogP contribution in [-0.4, -0.2) is 11.8 Å². The highest BCUT2D eigenvalue weighted by molar-refractivity contribution is 6.05. The first-order valence-electron chi connectivity index (χ1n) is 15.2. The number of hydrogen-bond donors (Lipinski definition) is 7. The highest BCUT2D eigenvalue weighted by Gasteiger charge is 2.18. The van der Waals surface area contributed by atoms with Crippen LogP contribution in [0.15, 0.2) is 133 Å². The minimum Gasteiger partial charge on any atom is -0.453 e. The van der Waals surface area contributed by atoms with E-state index in [1.165, 1.54) is 0 Å². The second-order valence-corrected chi connectivity index (χ2v) is 11.2. The van der Waals surface area contributed by atoms with E-state index in [2.05, 4.69) is 26.6 Å². The van der Waals surface area contributed by atoms with E-state index in [4.69, 9.17) is 16.2 Å². The zero-order chi connectivity index (χ0) is 33.0. The second-order valence-electron chi connectivity index (χ2n) is 11.2. The van der Waals surface area contributed by atoms with Gasteiger partial charge >= 0.3 is 0 Å². The molecule has 0 saturated heterocycles. The Hall–Kier alpha value is -6.94. The van der Waals surface area contributed by atoms with Crippen LogP contribution in [0, 0.1) is 0 Å². The third-order valence-corrected chi connectivity index (χ3v) is 7.66. The Labute approximate surface area is 276 Å². The van der Waals surface area contributed by atoms with Gasteiger partial charge in [0.1, 0.15) is 0 Å². The van der Waals surface area contributed by atoms with Crippen LogP contribution in [0.2, 0.25) is 0 Å². The highest BCUT2D eigenvalue weighted by atomic mass is 16.5. The molecule has 1 heterocycles. The largest absolute Gasteiger partial charge is 0.453 e. The quantitative estimate of drug-likeness (QED) is 0.0820. The fourth-order valence-corrected chi connectivity index (χ4v) is 5.14. The molecule has 1 aliphatic rings. The Bertz CT molecular complexity index is 1960. The third-order valence-electron chi connectivity index (χ3n) is 7.66. The standard InChI is InChI=1S/C38H31N7O3/c39-25-5-13-29(14-6-25)43-37(46)23-1-9-27(10-2-23)41-31-17-19-35-33(21-31)45-34-22-32(18-20-36(34)48-35)42-28-11-3-24(4-12-28)38(47)44-30-15-7-26(40)8-16-30/h1-22,41-42,45H,39-40H2,(H,43,46)(H,44,47). The van der Waals surface area contributed by atoms with Gasteiger partial charge in [0.2, 0.25) is 0 Å². The van der Waals surface area contributed by atoms with Crippen LogP contribution >= 0.6 is 0 Å². The average molecular weight is 634 g/mol. The number of benzene rings is 6. The van der Waals surface area contributed by atoms with Crippen LogP contribution < -0.4 is 42.8 Å². The number of rotatable bonds is 8. The monoisotopic (exact) mass is 633 g/mol. The molecule has 1 aliphatic heterocycles. The molecule has 0 radical (unpaired) electrons. The predicted octanol–water partition coefficient (Wildman–Crippen LogP) is 8.69.